The molecule has 3 aromatic carbocycles. The fraction of sp³-hybridized carbons (Fsp3) is 0.500. The lowest BCUT2D eigenvalue weighted by Crippen LogP contribution is -2.57. The normalized spacial score (nSPS) is 29.6. The number of fused-ring (bicyclic) bond motifs is 3. The summed E-state index contributed by atoms with van der Waals surface area (Å²) in [4.78, 5) is 66.9. The van der Waals surface area contributed by atoms with Gasteiger partial charge in [0.15, 0.2) is 0 Å². The summed E-state index contributed by atoms with van der Waals surface area (Å²) in [7, 11) is 2.65. The van der Waals surface area contributed by atoms with Gasteiger partial charge in [-0.15, -0.1) is 0 Å². The highest BCUT2D eigenvalue weighted by molar-refractivity contribution is 6.06. The van der Waals surface area contributed by atoms with Crippen molar-refractivity contribution in [1.29, 1.82) is 0 Å². The minimum atomic E-state index is -0.676. The maximum atomic E-state index is 14.5. The monoisotopic (exact) mass is 880 g/mol. The van der Waals surface area contributed by atoms with Crippen LogP contribution >= 0.6 is 0 Å². The van der Waals surface area contributed by atoms with Crippen LogP contribution in [0.25, 0.3) is 33.0 Å². The molecule has 3 unspecified atom stereocenters. The zero-order valence-electron chi connectivity index (χ0n) is 38.2. The number of aliphatic imine (C=N–C) groups is 2. The first-order chi connectivity index (χ1) is 31.4. The third kappa shape index (κ3) is 8.36. The number of carbonyl (C=O) groups is 4. The summed E-state index contributed by atoms with van der Waals surface area (Å²) in [5, 5.41) is 7.98. The summed E-state index contributed by atoms with van der Waals surface area (Å²) in [5.41, 5.74) is 8.79. The van der Waals surface area contributed by atoms with Gasteiger partial charge < -0.3 is 34.6 Å². The van der Waals surface area contributed by atoms with Gasteiger partial charge in [-0.25, -0.2) is 9.59 Å². The standard InChI is InChI=1S/C52H60N6O7/c1-27(2)47(55-51(61)63-5)49(59)57-43-21-36(43)23-45(57)41-19-39(25-53-41)31-9-7-30(8-10-31)32-11-12-34-18-35(14-13-33(34)17-32)40-20-42(54-26-40)46-24-37-22-44(37)58(46)50(60)48(56-52(62)64-6)38-15-28(3)65-29(4)16-38/h7-14,17-18,25-29,36-38,43-48H,15-16,19-24H2,1-6H3,(H,55,61)(H,56,62)/t28-,29+,36-,37-,38?,43-,44-,45+,46?,47+,48?/m1/s1. The molecule has 7 aliphatic rings. The van der Waals surface area contributed by atoms with E-state index >= 15 is 0 Å². The number of methoxy groups -OCH3 is 2. The first-order valence-corrected chi connectivity index (χ1v) is 23.5. The number of piperidine rings is 2. The number of benzene rings is 3. The van der Waals surface area contributed by atoms with Crippen LogP contribution in [0.3, 0.4) is 0 Å². The SMILES string of the molecule is COC(=O)NC(C(=O)N1C(C2=NC=C(c3ccc4cc(-c5ccc(C6=CN=C([C@@H]7C[C@H]8C[C@H]8N7C(=O)[C@@H](NC(=O)OC)C(C)C)C6)cc5)ccc4c3)C2)C[C@H]2C[C@H]21)C1C[C@@H](C)O[C@@H](C)C1. The Balaban J connectivity index is 0.777. The van der Waals surface area contributed by atoms with E-state index in [9.17, 15) is 19.2 Å². The van der Waals surface area contributed by atoms with Gasteiger partial charge in [0, 0.05) is 48.7 Å². The highest BCUT2D eigenvalue weighted by Gasteiger charge is 2.58. The Hall–Kier alpha value is -5.82. The molecule has 2 aliphatic carbocycles. The number of amides is 4. The number of hydrogen-bond acceptors (Lipinski definition) is 9. The maximum absolute atomic E-state index is 14.5. The largest absolute Gasteiger partial charge is 0.453 e. The van der Waals surface area contributed by atoms with Gasteiger partial charge in [0.2, 0.25) is 11.8 Å². The Kier molecular flexibility index (Phi) is 11.4. The lowest BCUT2D eigenvalue weighted by Gasteiger charge is -2.39. The second-order valence-corrected chi connectivity index (χ2v) is 19.8. The van der Waals surface area contributed by atoms with Crippen molar-refractivity contribution < 1.29 is 33.4 Å². The predicted octanol–water partition coefficient (Wildman–Crippen LogP) is 8.17. The van der Waals surface area contributed by atoms with E-state index < -0.39 is 24.3 Å². The quantitative estimate of drug-likeness (QED) is 0.197. The summed E-state index contributed by atoms with van der Waals surface area (Å²) in [6, 6.07) is 20.7. The van der Waals surface area contributed by atoms with Crippen LogP contribution in [-0.2, 0) is 23.8 Å². The van der Waals surface area contributed by atoms with Crippen molar-refractivity contribution >= 4 is 57.3 Å². The number of carbonyl (C=O) groups excluding carboxylic acids is 4. The molecule has 5 aliphatic heterocycles. The van der Waals surface area contributed by atoms with Crippen molar-refractivity contribution in [3.05, 3.63) is 84.2 Å². The molecule has 3 aromatic rings. The summed E-state index contributed by atoms with van der Waals surface area (Å²) in [5.74, 6) is 0.745. The molecule has 3 saturated heterocycles. The van der Waals surface area contributed by atoms with Crippen molar-refractivity contribution in [2.75, 3.05) is 14.2 Å². The third-order valence-electron chi connectivity index (χ3n) is 15.1. The minimum absolute atomic E-state index is 0.00372. The number of alkyl carbamates (subject to hydrolysis) is 2. The topological polar surface area (TPSA) is 151 Å². The van der Waals surface area contributed by atoms with E-state index in [-0.39, 0.29) is 60.0 Å². The highest BCUT2D eigenvalue weighted by atomic mass is 16.5. The molecule has 65 heavy (non-hydrogen) atoms. The second kappa shape index (κ2) is 17.2. The molecule has 0 spiro atoms. The van der Waals surface area contributed by atoms with Crippen LogP contribution in [0.15, 0.2) is 83.0 Å². The molecule has 0 aromatic heterocycles. The van der Waals surface area contributed by atoms with Crippen LogP contribution in [0.2, 0.25) is 0 Å². The molecule has 0 bridgehead atoms. The Morgan fingerprint density at radius 2 is 1.12 bits per heavy atom. The van der Waals surface area contributed by atoms with Crippen LogP contribution in [0.4, 0.5) is 9.59 Å². The van der Waals surface area contributed by atoms with Gasteiger partial charge in [-0.2, -0.15) is 0 Å². The summed E-state index contributed by atoms with van der Waals surface area (Å²) in [6.45, 7) is 7.94. The number of hydrogen-bond donors (Lipinski definition) is 2. The van der Waals surface area contributed by atoms with E-state index in [1.165, 1.54) is 14.2 Å². The van der Waals surface area contributed by atoms with Gasteiger partial charge in [-0.05, 0) is 132 Å². The van der Waals surface area contributed by atoms with Crippen molar-refractivity contribution in [2.24, 2.45) is 33.7 Å². The lowest BCUT2D eigenvalue weighted by molar-refractivity contribution is -0.138. The number of ether oxygens (including phenoxy) is 3. The van der Waals surface area contributed by atoms with E-state index in [1.54, 1.807) is 0 Å². The molecule has 5 heterocycles. The van der Waals surface area contributed by atoms with Gasteiger partial charge in [-0.3, -0.25) is 19.6 Å². The molecular formula is C52H60N6O7. The molecule has 5 fully saturated rings. The predicted molar refractivity (Wildman–Crippen MR) is 250 cm³/mol. The van der Waals surface area contributed by atoms with Gasteiger partial charge in [-0.1, -0.05) is 62.4 Å². The van der Waals surface area contributed by atoms with Gasteiger partial charge in [0.1, 0.15) is 12.1 Å². The smallest absolute Gasteiger partial charge is 0.407 e. The number of nitrogens with zero attached hydrogens (tertiary/aromatic N) is 4. The van der Waals surface area contributed by atoms with Crippen molar-refractivity contribution in [3.63, 3.8) is 0 Å². The van der Waals surface area contributed by atoms with Gasteiger partial charge in [0.05, 0.1) is 38.5 Å². The molecule has 2 saturated carbocycles. The Morgan fingerprint density at radius 1 is 0.631 bits per heavy atom. The van der Waals surface area contributed by atoms with Gasteiger partial charge >= 0.3 is 12.2 Å². The van der Waals surface area contributed by atoms with E-state index in [4.69, 9.17) is 24.2 Å². The summed E-state index contributed by atoms with van der Waals surface area (Å²) < 4.78 is 15.8. The lowest BCUT2D eigenvalue weighted by atomic mass is 9.85. The first-order valence-electron chi connectivity index (χ1n) is 23.5. The second-order valence-electron chi connectivity index (χ2n) is 19.8. The molecule has 10 rings (SSSR count). The zero-order chi connectivity index (χ0) is 45.3. The third-order valence-corrected chi connectivity index (χ3v) is 15.1. The van der Waals surface area contributed by atoms with E-state index in [1.807, 2.05) is 49.9 Å². The summed E-state index contributed by atoms with van der Waals surface area (Å²) in [6.07, 6.45) is 9.32. The molecular weight excluding hydrogens is 821 g/mol. The minimum Gasteiger partial charge on any atom is -0.453 e. The number of likely N-dealkylation sites (tertiary alicyclic amines) is 2. The van der Waals surface area contributed by atoms with Crippen molar-refractivity contribution in [3.8, 4) is 11.1 Å². The first kappa shape index (κ1) is 43.1. The van der Waals surface area contributed by atoms with Crippen LogP contribution in [-0.4, -0.2) is 108 Å². The van der Waals surface area contributed by atoms with E-state index in [2.05, 4.69) is 71.3 Å². The number of nitrogens with one attached hydrogen (secondary N) is 2. The maximum Gasteiger partial charge on any atom is 0.407 e. The molecule has 0 radical (unpaired) electrons. The number of rotatable bonds is 11. The molecule has 13 heteroatoms. The fourth-order valence-corrected chi connectivity index (χ4v) is 11.6. The molecule has 2 N–H and O–H groups in total. The highest BCUT2D eigenvalue weighted by Crippen LogP contribution is 2.51. The van der Waals surface area contributed by atoms with Crippen LogP contribution < -0.4 is 10.6 Å². The van der Waals surface area contributed by atoms with Crippen molar-refractivity contribution in [2.45, 2.75) is 128 Å². The number of allylic oxidation sites excluding steroid dienone is 2. The Bertz CT molecular complexity index is 2540. The Labute approximate surface area is 380 Å². The fourth-order valence-electron chi connectivity index (χ4n) is 11.6. The molecule has 13 nitrogen and oxygen atoms in total. The molecule has 4 amide bonds. The van der Waals surface area contributed by atoms with Crippen LogP contribution in [0, 0.1) is 23.7 Å². The van der Waals surface area contributed by atoms with Gasteiger partial charge in [0.25, 0.3) is 0 Å². The average Bonchev–Trinajstić information content (AvgIpc) is 3.89. The Morgan fingerprint density at radius 3 is 1.69 bits per heavy atom. The van der Waals surface area contributed by atoms with Crippen molar-refractivity contribution in [1.82, 2.24) is 20.4 Å². The average molecular weight is 881 g/mol. The summed E-state index contributed by atoms with van der Waals surface area (Å²) >= 11 is 0. The van der Waals surface area contributed by atoms with E-state index in [0.29, 0.717) is 37.5 Å². The molecule has 11 atom stereocenters. The van der Waals surface area contributed by atoms with E-state index in [0.717, 1.165) is 81.3 Å². The van der Waals surface area contributed by atoms with Crippen LogP contribution in [0.5, 0.6) is 0 Å². The molecule has 340 valence electrons. The zero-order valence-corrected chi connectivity index (χ0v) is 38.2. The van der Waals surface area contributed by atoms with Crippen LogP contribution in [0.1, 0.15) is 90.2 Å².